The Morgan fingerprint density at radius 1 is 0.812 bits per heavy atom. The summed E-state index contributed by atoms with van der Waals surface area (Å²) in [4.78, 5) is 11.0. The Kier molecular flexibility index (Phi) is 10.9. The molecule has 2 saturated heterocycles. The zero-order valence-electron chi connectivity index (χ0n) is 17.2. The molecule has 2 fully saturated rings. The zero-order valence-corrected chi connectivity index (χ0v) is 17.2. The van der Waals surface area contributed by atoms with Crippen LogP contribution in [0.3, 0.4) is 0 Å². The van der Waals surface area contributed by atoms with Gasteiger partial charge in [-0.25, -0.2) is 4.79 Å². The van der Waals surface area contributed by atoms with Crippen LogP contribution in [0.5, 0.6) is 0 Å². The zero-order chi connectivity index (χ0) is 23.8. The van der Waals surface area contributed by atoms with Crippen LogP contribution >= 0.6 is 0 Å². The lowest BCUT2D eigenvalue weighted by molar-refractivity contribution is -0.367. The lowest BCUT2D eigenvalue weighted by atomic mass is 9.97. The Morgan fingerprint density at radius 2 is 1.44 bits per heavy atom. The van der Waals surface area contributed by atoms with Crippen molar-refractivity contribution in [3.63, 3.8) is 0 Å². The molecule has 15 nitrogen and oxygen atoms in total. The van der Waals surface area contributed by atoms with Crippen molar-refractivity contribution in [2.45, 2.75) is 61.4 Å². The fourth-order valence-corrected chi connectivity index (χ4v) is 3.34. The molecule has 188 valence electrons. The third-order valence-electron chi connectivity index (χ3n) is 4.96. The molecule has 0 spiro atoms. The molecule has 10 N–H and O–H groups in total. The first-order chi connectivity index (χ1) is 15.2. The summed E-state index contributed by atoms with van der Waals surface area (Å²) in [5.41, 5.74) is 10.3. The Hall–Kier alpha value is -1.21. The fourth-order valence-electron chi connectivity index (χ4n) is 3.34. The van der Waals surface area contributed by atoms with E-state index in [0.717, 1.165) is 0 Å². The van der Waals surface area contributed by atoms with Gasteiger partial charge in [0.1, 0.15) is 42.7 Å². The monoisotopic (exact) mass is 472 g/mol. The third-order valence-corrected chi connectivity index (χ3v) is 4.96. The molecule has 0 aromatic carbocycles. The topological polar surface area (TPSA) is 246 Å². The molecule has 0 saturated carbocycles. The van der Waals surface area contributed by atoms with E-state index in [0.29, 0.717) is 6.54 Å². The molecule has 2 rings (SSSR count). The van der Waals surface area contributed by atoms with E-state index < -0.39 is 80.7 Å². The smallest absolute Gasteiger partial charge is 0.404 e. The largest absolute Gasteiger partial charge is 0.441 e. The second kappa shape index (κ2) is 12.9. The minimum atomic E-state index is -1.81. The van der Waals surface area contributed by atoms with Gasteiger partial charge in [-0.1, -0.05) is 0 Å². The molecular weight excluding hydrogens is 440 g/mol. The van der Waals surface area contributed by atoms with Gasteiger partial charge in [0.25, 0.3) is 0 Å². The number of aliphatic hydroxyl groups is 6. The quantitative estimate of drug-likeness (QED) is 0.131. The maximum Gasteiger partial charge on any atom is 0.404 e. The van der Waals surface area contributed by atoms with Crippen LogP contribution in [0.2, 0.25) is 0 Å². The maximum atomic E-state index is 11.0. The predicted octanol–water partition coefficient (Wildman–Crippen LogP) is -5.29. The van der Waals surface area contributed by atoms with Gasteiger partial charge in [-0.3, -0.25) is 0 Å². The van der Waals surface area contributed by atoms with Crippen molar-refractivity contribution >= 4 is 6.09 Å². The lowest BCUT2D eigenvalue weighted by Crippen LogP contribution is -2.65. The van der Waals surface area contributed by atoms with Crippen molar-refractivity contribution in [2.75, 3.05) is 39.6 Å². The summed E-state index contributed by atoms with van der Waals surface area (Å²) < 4.78 is 31.7. The normalized spacial score (nSPS) is 40.2. The molecule has 0 aliphatic carbocycles. The molecule has 0 aromatic heterocycles. The van der Waals surface area contributed by atoms with E-state index in [1.165, 1.54) is 0 Å². The highest BCUT2D eigenvalue weighted by atomic mass is 16.8. The van der Waals surface area contributed by atoms with E-state index in [-0.39, 0.29) is 19.8 Å². The van der Waals surface area contributed by atoms with Crippen molar-refractivity contribution in [2.24, 2.45) is 11.5 Å². The summed E-state index contributed by atoms with van der Waals surface area (Å²) in [6, 6.07) is 0. The van der Waals surface area contributed by atoms with E-state index in [1.54, 1.807) is 0 Å². The Morgan fingerprint density at radius 3 is 2.03 bits per heavy atom. The first-order valence-electron chi connectivity index (χ1n) is 10.0. The van der Waals surface area contributed by atoms with E-state index in [2.05, 4.69) is 4.74 Å². The molecule has 2 heterocycles. The van der Waals surface area contributed by atoms with Gasteiger partial charge in [0, 0.05) is 6.54 Å². The van der Waals surface area contributed by atoms with Crippen LogP contribution in [0.1, 0.15) is 0 Å². The third kappa shape index (κ3) is 6.66. The summed E-state index contributed by atoms with van der Waals surface area (Å²) in [6.45, 7) is -0.697. The highest BCUT2D eigenvalue weighted by Gasteiger charge is 2.52. The molecule has 1 unspecified atom stereocenters. The van der Waals surface area contributed by atoms with Crippen molar-refractivity contribution in [3.05, 3.63) is 0 Å². The SMILES string of the molecule is NCCOCCOC1O[C@@H](CO)[C@@H](O)[C@H](O)[C@@H]1O[C@H]1O[C@H](CO)[C@@H](OC(N)=O)[C@H](O)[C@@H]1O. The second-order valence-electron chi connectivity index (χ2n) is 7.19. The Labute approximate surface area is 183 Å². The molecule has 1 amide bonds. The maximum absolute atomic E-state index is 11.0. The van der Waals surface area contributed by atoms with Gasteiger partial charge in [-0.15, -0.1) is 0 Å². The standard InChI is InChI=1S/C17H32N2O13/c18-1-2-27-3-4-28-16-14(10(23)9(22)7(5-20)29-16)31-15-12(25)11(24)13(32-17(19)26)8(6-21)30-15/h7-16,20-25H,1-6,18H2,(H2,19,26)/t7-,8+,9+,10-,11+,12-,13+,14-,15+,16?/m0/s1. The molecule has 2 aliphatic rings. The number of primary amides is 1. The number of nitrogens with two attached hydrogens (primary N) is 2. The van der Waals surface area contributed by atoms with Crippen molar-refractivity contribution in [3.8, 4) is 0 Å². The Bertz CT molecular complexity index is 571. The van der Waals surface area contributed by atoms with Crippen LogP contribution in [0, 0.1) is 0 Å². The summed E-state index contributed by atoms with van der Waals surface area (Å²) in [5, 5.41) is 60.2. The second-order valence-corrected chi connectivity index (χ2v) is 7.19. The first-order valence-corrected chi connectivity index (χ1v) is 10.0. The summed E-state index contributed by atoms with van der Waals surface area (Å²) >= 11 is 0. The number of hydrogen-bond acceptors (Lipinski definition) is 14. The number of ether oxygens (including phenoxy) is 6. The number of rotatable bonds is 11. The van der Waals surface area contributed by atoms with Crippen molar-refractivity contribution in [1.29, 1.82) is 0 Å². The molecule has 10 atom stereocenters. The molecular formula is C17H32N2O13. The Balaban J connectivity index is 2.11. The average Bonchev–Trinajstić information content (AvgIpc) is 2.77. The van der Waals surface area contributed by atoms with Crippen molar-refractivity contribution in [1.82, 2.24) is 0 Å². The summed E-state index contributed by atoms with van der Waals surface area (Å²) in [6.07, 6.45) is -16.5. The minimum Gasteiger partial charge on any atom is -0.441 e. The van der Waals surface area contributed by atoms with Crippen LogP contribution in [0.4, 0.5) is 4.79 Å². The van der Waals surface area contributed by atoms with E-state index in [4.69, 9.17) is 35.2 Å². The number of carbonyl (C=O) groups is 1. The van der Waals surface area contributed by atoms with E-state index in [9.17, 15) is 35.4 Å². The number of carbonyl (C=O) groups excluding carboxylic acids is 1. The highest BCUT2D eigenvalue weighted by molar-refractivity contribution is 5.65. The van der Waals surface area contributed by atoms with Gasteiger partial charge in [-0.2, -0.15) is 0 Å². The van der Waals surface area contributed by atoms with Gasteiger partial charge in [0.2, 0.25) is 0 Å². The molecule has 0 bridgehead atoms. The van der Waals surface area contributed by atoms with Crippen LogP contribution in [0.25, 0.3) is 0 Å². The number of hydrogen-bond donors (Lipinski definition) is 8. The predicted molar refractivity (Wildman–Crippen MR) is 101 cm³/mol. The number of amides is 1. The minimum absolute atomic E-state index is 0.0318. The van der Waals surface area contributed by atoms with E-state index in [1.807, 2.05) is 0 Å². The lowest BCUT2D eigenvalue weighted by Gasteiger charge is -2.46. The summed E-state index contributed by atoms with van der Waals surface area (Å²) in [7, 11) is 0. The summed E-state index contributed by atoms with van der Waals surface area (Å²) in [5.74, 6) is 0. The highest BCUT2D eigenvalue weighted by Crippen LogP contribution is 2.30. The van der Waals surface area contributed by atoms with Crippen LogP contribution in [-0.2, 0) is 28.4 Å². The van der Waals surface area contributed by atoms with E-state index >= 15 is 0 Å². The van der Waals surface area contributed by atoms with Gasteiger partial charge < -0.3 is 70.5 Å². The number of aliphatic hydroxyl groups excluding tert-OH is 6. The van der Waals surface area contributed by atoms with Crippen LogP contribution in [0.15, 0.2) is 0 Å². The average molecular weight is 472 g/mol. The van der Waals surface area contributed by atoms with Crippen LogP contribution < -0.4 is 11.5 Å². The molecule has 15 heteroatoms. The first kappa shape index (κ1) is 27.0. The van der Waals surface area contributed by atoms with Gasteiger partial charge in [0.15, 0.2) is 18.7 Å². The van der Waals surface area contributed by atoms with Gasteiger partial charge >= 0.3 is 6.09 Å². The van der Waals surface area contributed by atoms with Crippen LogP contribution in [-0.4, -0.2) is 138 Å². The molecule has 0 radical (unpaired) electrons. The molecule has 32 heavy (non-hydrogen) atoms. The van der Waals surface area contributed by atoms with Crippen molar-refractivity contribution < 1.29 is 63.9 Å². The van der Waals surface area contributed by atoms with Gasteiger partial charge in [0.05, 0.1) is 33.0 Å². The molecule has 0 aromatic rings. The fraction of sp³-hybridized carbons (Fsp3) is 0.941. The molecule has 2 aliphatic heterocycles. The van der Waals surface area contributed by atoms with Gasteiger partial charge in [-0.05, 0) is 0 Å².